The number of methoxy groups -OCH3 is 1. The highest BCUT2D eigenvalue weighted by Gasteiger charge is 2.11. The van der Waals surface area contributed by atoms with E-state index in [1.165, 1.54) is 0 Å². The van der Waals surface area contributed by atoms with Crippen LogP contribution >= 0.6 is 0 Å². The Balaban J connectivity index is 2.58. The van der Waals surface area contributed by atoms with Crippen molar-refractivity contribution < 1.29 is 4.74 Å². The third-order valence-electron chi connectivity index (χ3n) is 2.44. The summed E-state index contributed by atoms with van der Waals surface area (Å²) in [4.78, 5) is 0. The molecule has 0 amide bonds. The maximum absolute atomic E-state index is 5.28. The third kappa shape index (κ3) is 1.58. The Labute approximate surface area is 88.5 Å². The quantitative estimate of drug-likeness (QED) is 0.747. The summed E-state index contributed by atoms with van der Waals surface area (Å²) >= 11 is 0. The zero-order valence-corrected chi connectivity index (χ0v) is 9.06. The van der Waals surface area contributed by atoms with Gasteiger partial charge in [-0.1, -0.05) is 12.1 Å². The minimum atomic E-state index is 0.813. The molecule has 0 fully saturated rings. The molecule has 0 N–H and O–H groups in total. The Morgan fingerprint density at radius 3 is 2.53 bits per heavy atom. The first-order chi connectivity index (χ1) is 7.24. The van der Waals surface area contributed by atoms with Gasteiger partial charge in [-0.25, -0.2) is 0 Å². The van der Waals surface area contributed by atoms with E-state index >= 15 is 0 Å². The van der Waals surface area contributed by atoms with E-state index in [4.69, 9.17) is 4.74 Å². The van der Waals surface area contributed by atoms with E-state index in [1.807, 2.05) is 42.8 Å². The van der Waals surface area contributed by atoms with Crippen molar-refractivity contribution in [2.75, 3.05) is 7.11 Å². The number of nitrogens with zero attached hydrogens (tertiary/aromatic N) is 3. The standard InChI is InChI=1S/C11H13N3O/c1-8-12-13-11(14(8)2)9-6-4-5-7-10(9)15-3/h4-7H,1-3H3. The number of ether oxygens (including phenoxy) is 1. The largest absolute Gasteiger partial charge is 0.496 e. The van der Waals surface area contributed by atoms with Crippen molar-refractivity contribution in [3.8, 4) is 17.1 Å². The molecule has 1 aromatic heterocycles. The van der Waals surface area contributed by atoms with E-state index in [1.54, 1.807) is 7.11 Å². The van der Waals surface area contributed by atoms with Crippen LogP contribution in [-0.4, -0.2) is 21.9 Å². The molecule has 15 heavy (non-hydrogen) atoms. The number of para-hydroxylation sites is 1. The molecule has 0 aliphatic heterocycles. The molecule has 1 heterocycles. The molecule has 0 unspecified atom stereocenters. The molecule has 1 aromatic carbocycles. The smallest absolute Gasteiger partial charge is 0.167 e. The van der Waals surface area contributed by atoms with Crippen LogP contribution < -0.4 is 4.74 Å². The Morgan fingerprint density at radius 2 is 1.93 bits per heavy atom. The second-order valence-electron chi connectivity index (χ2n) is 3.33. The monoisotopic (exact) mass is 203 g/mol. The first-order valence-electron chi connectivity index (χ1n) is 4.73. The van der Waals surface area contributed by atoms with Gasteiger partial charge in [0, 0.05) is 7.05 Å². The maximum atomic E-state index is 5.28. The molecule has 0 spiro atoms. The van der Waals surface area contributed by atoms with Crippen LogP contribution in [0.5, 0.6) is 5.75 Å². The number of hydrogen-bond donors (Lipinski definition) is 0. The number of benzene rings is 1. The average molecular weight is 203 g/mol. The molecule has 0 aliphatic carbocycles. The van der Waals surface area contributed by atoms with E-state index in [0.717, 1.165) is 23.0 Å². The number of aromatic nitrogens is 3. The molecular formula is C11H13N3O. The lowest BCUT2D eigenvalue weighted by atomic mass is 10.2. The summed E-state index contributed by atoms with van der Waals surface area (Å²) < 4.78 is 7.23. The Kier molecular flexibility index (Phi) is 2.41. The van der Waals surface area contributed by atoms with Gasteiger partial charge < -0.3 is 9.30 Å². The predicted octanol–water partition coefficient (Wildman–Crippen LogP) is 1.80. The van der Waals surface area contributed by atoms with E-state index in [9.17, 15) is 0 Å². The molecular weight excluding hydrogens is 190 g/mol. The summed E-state index contributed by atoms with van der Waals surface area (Å²) in [5.41, 5.74) is 0.961. The Hall–Kier alpha value is -1.84. The lowest BCUT2D eigenvalue weighted by molar-refractivity contribution is 0.416. The molecule has 0 saturated heterocycles. The van der Waals surface area contributed by atoms with Crippen molar-refractivity contribution in [2.45, 2.75) is 6.92 Å². The van der Waals surface area contributed by atoms with Crippen LogP contribution in [0.2, 0.25) is 0 Å². The van der Waals surface area contributed by atoms with Gasteiger partial charge in [-0.2, -0.15) is 0 Å². The van der Waals surface area contributed by atoms with Gasteiger partial charge in [0.15, 0.2) is 5.82 Å². The van der Waals surface area contributed by atoms with Crippen LogP contribution in [0.25, 0.3) is 11.4 Å². The van der Waals surface area contributed by atoms with Crippen molar-refractivity contribution in [3.05, 3.63) is 30.1 Å². The van der Waals surface area contributed by atoms with E-state index in [0.29, 0.717) is 0 Å². The van der Waals surface area contributed by atoms with Crippen molar-refractivity contribution >= 4 is 0 Å². The first-order valence-corrected chi connectivity index (χ1v) is 4.73. The van der Waals surface area contributed by atoms with E-state index in [2.05, 4.69) is 10.2 Å². The molecule has 0 radical (unpaired) electrons. The number of aryl methyl sites for hydroxylation is 1. The topological polar surface area (TPSA) is 39.9 Å². The summed E-state index contributed by atoms with van der Waals surface area (Å²) in [7, 11) is 3.60. The minimum absolute atomic E-state index is 0.813. The predicted molar refractivity (Wildman–Crippen MR) is 57.7 cm³/mol. The van der Waals surface area contributed by atoms with Gasteiger partial charge in [-0.05, 0) is 19.1 Å². The molecule has 0 saturated carbocycles. The summed E-state index contributed by atoms with van der Waals surface area (Å²) in [6.45, 7) is 1.92. The summed E-state index contributed by atoms with van der Waals surface area (Å²) in [5.74, 6) is 2.52. The second-order valence-corrected chi connectivity index (χ2v) is 3.33. The molecule has 2 rings (SSSR count). The lowest BCUT2D eigenvalue weighted by Gasteiger charge is -2.07. The lowest BCUT2D eigenvalue weighted by Crippen LogP contribution is -1.96. The Morgan fingerprint density at radius 1 is 1.20 bits per heavy atom. The fourth-order valence-corrected chi connectivity index (χ4v) is 1.47. The molecule has 78 valence electrons. The number of rotatable bonds is 2. The normalized spacial score (nSPS) is 10.3. The van der Waals surface area contributed by atoms with Gasteiger partial charge in [0.25, 0.3) is 0 Å². The molecule has 4 heteroatoms. The third-order valence-corrected chi connectivity index (χ3v) is 2.44. The summed E-state index contributed by atoms with van der Waals surface area (Å²) in [6.07, 6.45) is 0. The highest BCUT2D eigenvalue weighted by Crippen LogP contribution is 2.27. The van der Waals surface area contributed by atoms with Gasteiger partial charge in [0.05, 0.1) is 12.7 Å². The van der Waals surface area contributed by atoms with Gasteiger partial charge in [0.1, 0.15) is 11.6 Å². The molecule has 0 aliphatic rings. The zero-order chi connectivity index (χ0) is 10.8. The molecule has 0 bridgehead atoms. The van der Waals surface area contributed by atoms with Crippen molar-refractivity contribution in [1.29, 1.82) is 0 Å². The Bertz CT molecular complexity index is 476. The highest BCUT2D eigenvalue weighted by molar-refractivity contribution is 5.64. The maximum Gasteiger partial charge on any atom is 0.167 e. The average Bonchev–Trinajstić information content (AvgIpc) is 2.60. The van der Waals surface area contributed by atoms with Crippen LogP contribution in [-0.2, 0) is 7.05 Å². The van der Waals surface area contributed by atoms with Crippen molar-refractivity contribution in [2.24, 2.45) is 7.05 Å². The van der Waals surface area contributed by atoms with E-state index < -0.39 is 0 Å². The summed E-state index contributed by atoms with van der Waals surface area (Å²) in [5, 5.41) is 8.15. The van der Waals surface area contributed by atoms with Crippen molar-refractivity contribution in [3.63, 3.8) is 0 Å². The van der Waals surface area contributed by atoms with Crippen LogP contribution in [0.1, 0.15) is 5.82 Å². The first kappa shape index (κ1) is 9.71. The van der Waals surface area contributed by atoms with E-state index in [-0.39, 0.29) is 0 Å². The number of hydrogen-bond acceptors (Lipinski definition) is 3. The van der Waals surface area contributed by atoms with Gasteiger partial charge in [0.2, 0.25) is 0 Å². The minimum Gasteiger partial charge on any atom is -0.496 e. The second kappa shape index (κ2) is 3.73. The van der Waals surface area contributed by atoms with Crippen LogP contribution in [0.15, 0.2) is 24.3 Å². The van der Waals surface area contributed by atoms with Crippen molar-refractivity contribution in [1.82, 2.24) is 14.8 Å². The molecule has 2 aromatic rings. The molecule has 4 nitrogen and oxygen atoms in total. The van der Waals surface area contributed by atoms with Crippen LogP contribution in [0.3, 0.4) is 0 Å². The highest BCUT2D eigenvalue weighted by atomic mass is 16.5. The zero-order valence-electron chi connectivity index (χ0n) is 9.06. The van der Waals surface area contributed by atoms with Gasteiger partial charge >= 0.3 is 0 Å². The fraction of sp³-hybridized carbons (Fsp3) is 0.273. The molecule has 0 atom stereocenters. The summed E-state index contributed by atoms with van der Waals surface area (Å²) in [6, 6.07) is 7.79. The fourth-order valence-electron chi connectivity index (χ4n) is 1.47. The van der Waals surface area contributed by atoms with Gasteiger partial charge in [-0.3, -0.25) is 0 Å². The van der Waals surface area contributed by atoms with Gasteiger partial charge in [-0.15, -0.1) is 10.2 Å². The van der Waals surface area contributed by atoms with Crippen LogP contribution in [0.4, 0.5) is 0 Å². The van der Waals surface area contributed by atoms with Crippen LogP contribution in [0, 0.1) is 6.92 Å². The SMILES string of the molecule is COc1ccccc1-c1nnc(C)n1C.